The molecule has 0 aliphatic carbocycles. The summed E-state index contributed by atoms with van der Waals surface area (Å²) in [5.41, 5.74) is 1.82. The Kier molecular flexibility index (Phi) is 6.54. The van der Waals surface area contributed by atoms with Crippen molar-refractivity contribution in [3.8, 4) is 5.88 Å². The summed E-state index contributed by atoms with van der Waals surface area (Å²) in [6.07, 6.45) is 6.89. The van der Waals surface area contributed by atoms with Crippen molar-refractivity contribution in [1.29, 1.82) is 0 Å². The van der Waals surface area contributed by atoms with Crippen LogP contribution in [0.4, 0.5) is 0 Å². The molecular weight excluding hydrogens is 366 g/mol. The first-order chi connectivity index (χ1) is 14.3. The van der Waals surface area contributed by atoms with Crippen LogP contribution in [0.5, 0.6) is 5.88 Å². The molecule has 1 atom stereocenters. The summed E-state index contributed by atoms with van der Waals surface area (Å²) < 4.78 is 11.1. The average Bonchev–Trinajstić information content (AvgIpc) is 3.28. The lowest BCUT2D eigenvalue weighted by atomic mass is 10.2. The largest absolute Gasteiger partial charge is 0.472 e. The molecule has 1 aromatic carbocycles. The van der Waals surface area contributed by atoms with Gasteiger partial charge < -0.3 is 14.4 Å². The number of hydrogen-bond donors (Lipinski definition) is 0. The molecule has 152 valence electrons. The smallest absolute Gasteiger partial charge is 0.255 e. The molecule has 0 saturated carbocycles. The molecular formula is C23H27N3O3. The molecule has 3 heterocycles. The number of ether oxygens (including phenoxy) is 2. The van der Waals surface area contributed by atoms with Gasteiger partial charge in [0.1, 0.15) is 6.10 Å². The van der Waals surface area contributed by atoms with E-state index in [9.17, 15) is 4.79 Å². The zero-order valence-electron chi connectivity index (χ0n) is 16.6. The molecule has 6 nitrogen and oxygen atoms in total. The second kappa shape index (κ2) is 9.67. The maximum Gasteiger partial charge on any atom is 0.255 e. The van der Waals surface area contributed by atoms with Crippen molar-refractivity contribution in [2.45, 2.75) is 12.5 Å². The predicted molar refractivity (Wildman–Crippen MR) is 112 cm³/mol. The van der Waals surface area contributed by atoms with Gasteiger partial charge in [-0.15, -0.1) is 0 Å². The second-order valence-corrected chi connectivity index (χ2v) is 7.39. The molecule has 0 bridgehead atoms. The normalized spacial score (nSPS) is 20.3. The molecule has 1 unspecified atom stereocenters. The summed E-state index contributed by atoms with van der Waals surface area (Å²) in [4.78, 5) is 21.3. The Labute approximate surface area is 171 Å². The molecule has 2 fully saturated rings. The van der Waals surface area contributed by atoms with E-state index in [1.165, 1.54) is 5.56 Å². The summed E-state index contributed by atoms with van der Waals surface area (Å²) in [5.74, 6) is 0.583. The van der Waals surface area contributed by atoms with E-state index in [1.807, 2.05) is 23.1 Å². The maximum absolute atomic E-state index is 12.8. The van der Waals surface area contributed by atoms with Gasteiger partial charge in [0.25, 0.3) is 5.91 Å². The van der Waals surface area contributed by atoms with E-state index in [0.29, 0.717) is 18.1 Å². The zero-order valence-corrected chi connectivity index (χ0v) is 16.6. The van der Waals surface area contributed by atoms with Crippen LogP contribution in [0.1, 0.15) is 22.3 Å². The number of piperazine rings is 1. The summed E-state index contributed by atoms with van der Waals surface area (Å²) in [6.45, 7) is 5.45. The highest BCUT2D eigenvalue weighted by Gasteiger charge is 2.22. The summed E-state index contributed by atoms with van der Waals surface area (Å²) in [5, 5.41) is 0. The lowest BCUT2D eigenvalue weighted by Gasteiger charge is -2.34. The Morgan fingerprint density at radius 3 is 2.66 bits per heavy atom. The minimum Gasteiger partial charge on any atom is -0.472 e. The first-order valence-corrected chi connectivity index (χ1v) is 10.2. The van der Waals surface area contributed by atoms with E-state index >= 15 is 0 Å². The molecule has 1 amide bonds. The second-order valence-electron chi connectivity index (χ2n) is 7.39. The highest BCUT2D eigenvalue weighted by atomic mass is 16.5. The van der Waals surface area contributed by atoms with E-state index < -0.39 is 0 Å². The van der Waals surface area contributed by atoms with Crippen molar-refractivity contribution >= 4 is 12.0 Å². The number of carbonyl (C=O) groups excluding carboxylic acids is 1. The molecule has 2 saturated heterocycles. The van der Waals surface area contributed by atoms with Crippen LogP contribution in [-0.2, 0) is 4.74 Å². The summed E-state index contributed by atoms with van der Waals surface area (Å²) in [7, 11) is 0. The quantitative estimate of drug-likeness (QED) is 0.755. The van der Waals surface area contributed by atoms with E-state index in [0.717, 1.165) is 45.8 Å². The van der Waals surface area contributed by atoms with Gasteiger partial charge in [-0.05, 0) is 11.6 Å². The lowest BCUT2D eigenvalue weighted by molar-refractivity contribution is 0.0649. The predicted octanol–water partition coefficient (Wildman–Crippen LogP) is 2.72. The van der Waals surface area contributed by atoms with Crippen LogP contribution < -0.4 is 4.74 Å². The topological polar surface area (TPSA) is 54.9 Å². The number of aromatic nitrogens is 1. The fourth-order valence-electron chi connectivity index (χ4n) is 3.57. The van der Waals surface area contributed by atoms with Crippen LogP contribution in [0.15, 0.2) is 54.7 Å². The van der Waals surface area contributed by atoms with Gasteiger partial charge in [-0.3, -0.25) is 9.69 Å². The SMILES string of the molecule is O=C(c1ccc(OC2CCOC2)nc1)N1CCN(C/C=C/c2ccccc2)CC1. The van der Waals surface area contributed by atoms with E-state index in [-0.39, 0.29) is 12.0 Å². The molecule has 6 heteroatoms. The molecule has 29 heavy (non-hydrogen) atoms. The number of carbonyl (C=O) groups is 1. The van der Waals surface area contributed by atoms with Crippen LogP contribution in [0.2, 0.25) is 0 Å². The number of rotatable bonds is 6. The fourth-order valence-corrected chi connectivity index (χ4v) is 3.57. The molecule has 2 aliphatic rings. The first-order valence-electron chi connectivity index (χ1n) is 10.2. The first kappa shape index (κ1) is 19.6. The van der Waals surface area contributed by atoms with Gasteiger partial charge in [-0.2, -0.15) is 0 Å². The molecule has 4 rings (SSSR count). The Hall–Kier alpha value is -2.70. The van der Waals surface area contributed by atoms with Crippen molar-refractivity contribution in [3.05, 3.63) is 65.9 Å². The van der Waals surface area contributed by atoms with Gasteiger partial charge in [-0.25, -0.2) is 4.98 Å². The highest BCUT2D eigenvalue weighted by Crippen LogP contribution is 2.16. The summed E-state index contributed by atoms with van der Waals surface area (Å²) in [6, 6.07) is 13.9. The van der Waals surface area contributed by atoms with Gasteiger partial charge in [0.15, 0.2) is 0 Å². The van der Waals surface area contributed by atoms with Crippen molar-refractivity contribution in [2.75, 3.05) is 45.9 Å². The number of benzene rings is 1. The fraction of sp³-hybridized carbons (Fsp3) is 0.391. The van der Waals surface area contributed by atoms with Crippen molar-refractivity contribution in [3.63, 3.8) is 0 Å². The van der Waals surface area contributed by atoms with Gasteiger partial charge in [0.05, 0.1) is 18.8 Å². The van der Waals surface area contributed by atoms with Crippen LogP contribution in [0.25, 0.3) is 6.08 Å². The minimum atomic E-state index is 0.0349. The van der Waals surface area contributed by atoms with Crippen LogP contribution in [0.3, 0.4) is 0 Å². The lowest BCUT2D eigenvalue weighted by Crippen LogP contribution is -2.48. The van der Waals surface area contributed by atoms with Gasteiger partial charge >= 0.3 is 0 Å². The Morgan fingerprint density at radius 2 is 1.97 bits per heavy atom. The van der Waals surface area contributed by atoms with Crippen LogP contribution >= 0.6 is 0 Å². The number of amides is 1. The minimum absolute atomic E-state index is 0.0349. The average molecular weight is 393 g/mol. The standard InChI is InChI=1S/C23H27N3O3/c27-23(20-8-9-22(24-17-20)29-21-10-16-28-18-21)26-14-12-25(13-15-26)11-4-7-19-5-2-1-3-6-19/h1-9,17,21H,10-16,18H2/b7-4+. The molecule has 0 N–H and O–H groups in total. The monoisotopic (exact) mass is 393 g/mol. The van der Waals surface area contributed by atoms with Crippen LogP contribution in [-0.4, -0.2) is 72.7 Å². The highest BCUT2D eigenvalue weighted by molar-refractivity contribution is 5.94. The van der Waals surface area contributed by atoms with Gasteiger partial charge in [0, 0.05) is 51.4 Å². The van der Waals surface area contributed by atoms with Gasteiger partial charge in [0.2, 0.25) is 5.88 Å². The van der Waals surface area contributed by atoms with Gasteiger partial charge in [-0.1, -0.05) is 42.5 Å². The molecule has 1 aromatic heterocycles. The van der Waals surface area contributed by atoms with Crippen molar-refractivity contribution in [1.82, 2.24) is 14.8 Å². The zero-order chi connectivity index (χ0) is 19.9. The Bertz CT molecular complexity index is 809. The third kappa shape index (κ3) is 5.43. The van der Waals surface area contributed by atoms with E-state index in [4.69, 9.17) is 9.47 Å². The third-order valence-electron chi connectivity index (χ3n) is 5.29. The molecule has 2 aliphatic heterocycles. The third-order valence-corrected chi connectivity index (χ3v) is 5.29. The molecule has 2 aromatic rings. The number of pyridine rings is 1. The number of nitrogens with zero attached hydrogens (tertiary/aromatic N) is 3. The Morgan fingerprint density at radius 1 is 1.14 bits per heavy atom. The molecule has 0 spiro atoms. The van der Waals surface area contributed by atoms with Crippen molar-refractivity contribution < 1.29 is 14.3 Å². The maximum atomic E-state index is 12.8. The van der Waals surface area contributed by atoms with E-state index in [1.54, 1.807) is 18.3 Å². The molecule has 0 radical (unpaired) electrons. The van der Waals surface area contributed by atoms with Crippen molar-refractivity contribution in [2.24, 2.45) is 0 Å². The Balaban J connectivity index is 1.23. The summed E-state index contributed by atoms with van der Waals surface area (Å²) >= 11 is 0. The van der Waals surface area contributed by atoms with E-state index in [2.05, 4.69) is 34.2 Å². The van der Waals surface area contributed by atoms with Crippen LogP contribution in [0, 0.1) is 0 Å². The number of hydrogen-bond acceptors (Lipinski definition) is 5.